The second-order valence-corrected chi connectivity index (χ2v) is 4.43. The van der Waals surface area contributed by atoms with Gasteiger partial charge in [0.25, 0.3) is 0 Å². The van der Waals surface area contributed by atoms with Crippen molar-refractivity contribution in [1.82, 2.24) is 0 Å². The fraction of sp³-hybridized carbons (Fsp3) is 0. The second kappa shape index (κ2) is 4.99. The van der Waals surface area contributed by atoms with E-state index in [1.165, 1.54) is 0 Å². The van der Waals surface area contributed by atoms with E-state index in [-0.39, 0.29) is 0 Å². The minimum atomic E-state index is 0.840. The summed E-state index contributed by atoms with van der Waals surface area (Å²) in [5, 5.41) is 0. The van der Waals surface area contributed by atoms with E-state index in [1.807, 2.05) is 72.8 Å². The Labute approximate surface area is 113 Å². The van der Waals surface area contributed by atoms with Crippen LogP contribution in [0.2, 0.25) is 0 Å². The molecule has 0 spiro atoms. The number of hydrogen-bond acceptors (Lipinski definition) is 1. The maximum atomic E-state index is 5.99. The zero-order valence-electron chi connectivity index (χ0n) is 10.5. The van der Waals surface area contributed by atoms with Crippen molar-refractivity contribution in [3.05, 3.63) is 96.1 Å². The molecule has 0 fully saturated rings. The lowest BCUT2D eigenvalue weighted by Gasteiger charge is -2.18. The maximum absolute atomic E-state index is 5.99. The van der Waals surface area contributed by atoms with Crippen LogP contribution in [0.4, 0.5) is 0 Å². The topological polar surface area (TPSA) is 9.23 Å². The van der Waals surface area contributed by atoms with Gasteiger partial charge in [0, 0.05) is 11.1 Å². The van der Waals surface area contributed by atoms with Crippen LogP contribution in [-0.2, 0) is 4.74 Å². The average Bonchev–Trinajstić information content (AvgIpc) is 2.48. The molecule has 19 heavy (non-hydrogen) atoms. The molecule has 92 valence electrons. The maximum Gasteiger partial charge on any atom is 0.135 e. The number of ether oxygens (including phenoxy) is 1. The van der Waals surface area contributed by atoms with Crippen LogP contribution in [0.5, 0.6) is 0 Å². The Morgan fingerprint density at radius 3 is 1.47 bits per heavy atom. The molecule has 0 aliphatic carbocycles. The molecule has 1 aliphatic rings. The Hall–Kier alpha value is -2.54. The highest BCUT2D eigenvalue weighted by molar-refractivity contribution is 5.77. The van der Waals surface area contributed by atoms with Gasteiger partial charge >= 0.3 is 0 Å². The summed E-state index contributed by atoms with van der Waals surface area (Å²) in [6.45, 7) is 4.03. The molecule has 0 radical (unpaired) electrons. The molecular weight excluding hydrogens is 232 g/mol. The summed E-state index contributed by atoms with van der Waals surface area (Å²) in [5.74, 6) is 1.68. The van der Waals surface area contributed by atoms with Crippen LogP contribution in [0, 0.1) is 0 Å². The molecule has 1 nitrogen and oxygen atoms in total. The van der Waals surface area contributed by atoms with Gasteiger partial charge in [0.15, 0.2) is 0 Å². The zero-order chi connectivity index (χ0) is 13.1. The normalized spacial score (nSPS) is 14.4. The van der Waals surface area contributed by atoms with Crippen LogP contribution < -0.4 is 0 Å². The van der Waals surface area contributed by atoms with E-state index in [4.69, 9.17) is 4.74 Å². The molecular formula is C18H14O. The van der Waals surface area contributed by atoms with Gasteiger partial charge < -0.3 is 4.74 Å². The van der Waals surface area contributed by atoms with Crippen molar-refractivity contribution >= 4 is 11.5 Å². The molecule has 0 saturated heterocycles. The molecule has 0 saturated carbocycles. The fourth-order valence-corrected chi connectivity index (χ4v) is 2.05. The van der Waals surface area contributed by atoms with E-state index >= 15 is 0 Å². The number of allylic oxidation sites excluding steroid dienone is 3. The summed E-state index contributed by atoms with van der Waals surface area (Å²) in [6, 6.07) is 20.1. The van der Waals surface area contributed by atoms with Crippen LogP contribution >= 0.6 is 0 Å². The quantitative estimate of drug-likeness (QED) is 0.749. The molecule has 1 heterocycles. The van der Waals surface area contributed by atoms with Gasteiger partial charge in [-0.25, -0.2) is 0 Å². The smallest absolute Gasteiger partial charge is 0.135 e. The molecule has 0 amide bonds. The molecule has 2 aromatic carbocycles. The van der Waals surface area contributed by atoms with E-state index in [2.05, 4.69) is 6.58 Å². The van der Waals surface area contributed by atoms with Gasteiger partial charge in [-0.2, -0.15) is 0 Å². The number of rotatable bonds is 2. The summed E-state index contributed by atoms with van der Waals surface area (Å²) in [6.07, 6.45) is 3.92. The van der Waals surface area contributed by atoms with Crippen molar-refractivity contribution < 1.29 is 4.74 Å². The minimum Gasteiger partial charge on any atom is -0.456 e. The monoisotopic (exact) mass is 246 g/mol. The Morgan fingerprint density at radius 1 is 0.632 bits per heavy atom. The minimum absolute atomic E-state index is 0.840. The van der Waals surface area contributed by atoms with Crippen LogP contribution in [0.15, 0.2) is 85.0 Å². The third-order valence-corrected chi connectivity index (χ3v) is 2.97. The molecule has 0 bridgehead atoms. The first kappa shape index (κ1) is 11.5. The van der Waals surface area contributed by atoms with Gasteiger partial charge in [-0.1, -0.05) is 67.2 Å². The molecule has 1 heteroatoms. The standard InChI is InChI=1S/C18H14O/c1-14-12-17(15-8-4-2-5-9-15)19-18(13-14)16-10-6-3-7-11-16/h2-13H,1H2. The third kappa shape index (κ3) is 2.50. The van der Waals surface area contributed by atoms with E-state index < -0.39 is 0 Å². The first-order chi connectivity index (χ1) is 9.33. The van der Waals surface area contributed by atoms with Crippen LogP contribution in [0.25, 0.3) is 11.5 Å². The summed E-state index contributed by atoms with van der Waals surface area (Å²) in [4.78, 5) is 0. The van der Waals surface area contributed by atoms with Crippen molar-refractivity contribution in [2.24, 2.45) is 0 Å². The van der Waals surface area contributed by atoms with Crippen LogP contribution in [-0.4, -0.2) is 0 Å². The lowest BCUT2D eigenvalue weighted by Crippen LogP contribution is -1.98. The molecule has 3 rings (SSSR count). The van der Waals surface area contributed by atoms with Crippen LogP contribution in [0.1, 0.15) is 11.1 Å². The highest BCUT2D eigenvalue weighted by Gasteiger charge is 2.13. The van der Waals surface area contributed by atoms with Gasteiger partial charge in [-0.05, 0) is 17.7 Å². The summed E-state index contributed by atoms with van der Waals surface area (Å²) in [5.41, 5.74) is 3.07. The number of hydrogen-bond donors (Lipinski definition) is 0. The van der Waals surface area contributed by atoms with Gasteiger partial charge in [0.2, 0.25) is 0 Å². The van der Waals surface area contributed by atoms with Crippen molar-refractivity contribution in [2.75, 3.05) is 0 Å². The Kier molecular flexibility index (Phi) is 3.03. The summed E-state index contributed by atoms with van der Waals surface area (Å²) < 4.78 is 5.99. The third-order valence-electron chi connectivity index (χ3n) is 2.97. The van der Waals surface area contributed by atoms with Gasteiger partial charge in [-0.15, -0.1) is 0 Å². The Morgan fingerprint density at radius 2 is 1.05 bits per heavy atom. The first-order valence-electron chi connectivity index (χ1n) is 6.24. The zero-order valence-corrected chi connectivity index (χ0v) is 10.5. The van der Waals surface area contributed by atoms with Crippen molar-refractivity contribution in [3.8, 4) is 0 Å². The lowest BCUT2D eigenvalue weighted by atomic mass is 10.1. The highest BCUT2D eigenvalue weighted by Crippen LogP contribution is 2.31. The predicted octanol–water partition coefficient (Wildman–Crippen LogP) is 4.66. The highest BCUT2D eigenvalue weighted by atomic mass is 16.5. The SMILES string of the molecule is C=C1C=C(c2ccccc2)OC(c2ccccc2)=C1. The molecule has 0 atom stereocenters. The second-order valence-electron chi connectivity index (χ2n) is 4.43. The largest absolute Gasteiger partial charge is 0.456 e. The van der Waals surface area contributed by atoms with E-state index in [1.54, 1.807) is 0 Å². The Balaban J connectivity index is 1.94. The fourth-order valence-electron chi connectivity index (χ4n) is 2.05. The number of benzene rings is 2. The van der Waals surface area contributed by atoms with E-state index in [0.29, 0.717) is 0 Å². The van der Waals surface area contributed by atoms with Crippen molar-refractivity contribution in [3.63, 3.8) is 0 Å². The van der Waals surface area contributed by atoms with Gasteiger partial charge in [-0.3, -0.25) is 0 Å². The lowest BCUT2D eigenvalue weighted by molar-refractivity contribution is 0.467. The average molecular weight is 246 g/mol. The van der Waals surface area contributed by atoms with Crippen molar-refractivity contribution in [2.45, 2.75) is 0 Å². The Bertz CT molecular complexity index is 591. The van der Waals surface area contributed by atoms with E-state index in [9.17, 15) is 0 Å². The molecule has 0 unspecified atom stereocenters. The first-order valence-corrected chi connectivity index (χ1v) is 6.24. The molecule has 1 aliphatic heterocycles. The summed E-state index contributed by atoms with van der Waals surface area (Å²) >= 11 is 0. The van der Waals surface area contributed by atoms with Crippen molar-refractivity contribution in [1.29, 1.82) is 0 Å². The van der Waals surface area contributed by atoms with Gasteiger partial charge in [0.05, 0.1) is 0 Å². The molecule has 0 aromatic heterocycles. The van der Waals surface area contributed by atoms with Gasteiger partial charge in [0.1, 0.15) is 11.5 Å². The summed E-state index contributed by atoms with van der Waals surface area (Å²) in [7, 11) is 0. The van der Waals surface area contributed by atoms with E-state index in [0.717, 1.165) is 28.2 Å². The molecule has 2 aromatic rings. The molecule has 0 N–H and O–H groups in total. The predicted molar refractivity (Wildman–Crippen MR) is 79.1 cm³/mol. The van der Waals surface area contributed by atoms with Crippen LogP contribution in [0.3, 0.4) is 0 Å².